The SMILES string of the molecule is CC(C)n1ncnc1CNCCc1cccc(F)c1. The topological polar surface area (TPSA) is 42.7 Å². The van der Waals surface area contributed by atoms with Crippen LogP contribution in [0.5, 0.6) is 0 Å². The molecular weight excluding hydrogens is 243 g/mol. The van der Waals surface area contributed by atoms with E-state index in [-0.39, 0.29) is 5.82 Å². The van der Waals surface area contributed by atoms with E-state index in [1.165, 1.54) is 6.07 Å². The third-order valence-corrected chi connectivity index (χ3v) is 2.90. The van der Waals surface area contributed by atoms with Crippen molar-refractivity contribution in [3.05, 3.63) is 47.8 Å². The number of rotatable bonds is 6. The fourth-order valence-corrected chi connectivity index (χ4v) is 1.96. The molecule has 19 heavy (non-hydrogen) atoms. The largest absolute Gasteiger partial charge is 0.310 e. The first-order chi connectivity index (χ1) is 9.16. The van der Waals surface area contributed by atoms with Gasteiger partial charge in [0.05, 0.1) is 6.54 Å². The van der Waals surface area contributed by atoms with E-state index < -0.39 is 0 Å². The lowest BCUT2D eigenvalue weighted by atomic mass is 10.1. The van der Waals surface area contributed by atoms with Crippen LogP contribution in [0.4, 0.5) is 4.39 Å². The summed E-state index contributed by atoms with van der Waals surface area (Å²) >= 11 is 0. The van der Waals surface area contributed by atoms with Crippen LogP contribution in [0.15, 0.2) is 30.6 Å². The van der Waals surface area contributed by atoms with Crippen molar-refractivity contribution in [2.75, 3.05) is 6.54 Å². The molecule has 0 spiro atoms. The lowest BCUT2D eigenvalue weighted by molar-refractivity contribution is 0.490. The number of benzene rings is 1. The predicted molar refractivity (Wildman–Crippen MR) is 72.2 cm³/mol. The second-order valence-electron chi connectivity index (χ2n) is 4.77. The van der Waals surface area contributed by atoms with Gasteiger partial charge < -0.3 is 5.32 Å². The van der Waals surface area contributed by atoms with Crippen LogP contribution in [0.1, 0.15) is 31.3 Å². The Morgan fingerprint density at radius 1 is 1.37 bits per heavy atom. The minimum atomic E-state index is -0.183. The smallest absolute Gasteiger partial charge is 0.141 e. The Morgan fingerprint density at radius 3 is 2.95 bits per heavy atom. The highest BCUT2D eigenvalue weighted by Crippen LogP contribution is 2.05. The van der Waals surface area contributed by atoms with Crippen LogP contribution in [0, 0.1) is 5.82 Å². The van der Waals surface area contributed by atoms with E-state index in [0.29, 0.717) is 12.6 Å². The highest BCUT2D eigenvalue weighted by molar-refractivity contribution is 5.16. The van der Waals surface area contributed by atoms with Crippen molar-refractivity contribution in [1.82, 2.24) is 20.1 Å². The van der Waals surface area contributed by atoms with Gasteiger partial charge in [0.2, 0.25) is 0 Å². The summed E-state index contributed by atoms with van der Waals surface area (Å²) < 4.78 is 14.9. The number of nitrogens with zero attached hydrogens (tertiary/aromatic N) is 3. The van der Waals surface area contributed by atoms with Crippen LogP contribution >= 0.6 is 0 Å². The van der Waals surface area contributed by atoms with Crippen molar-refractivity contribution in [3.8, 4) is 0 Å². The van der Waals surface area contributed by atoms with Crippen LogP contribution in [0.25, 0.3) is 0 Å². The zero-order valence-electron chi connectivity index (χ0n) is 11.3. The first-order valence-electron chi connectivity index (χ1n) is 6.50. The molecule has 102 valence electrons. The van der Waals surface area contributed by atoms with Crippen molar-refractivity contribution in [1.29, 1.82) is 0 Å². The van der Waals surface area contributed by atoms with Gasteiger partial charge in [0.1, 0.15) is 18.0 Å². The predicted octanol–water partition coefficient (Wildman–Crippen LogP) is 2.33. The van der Waals surface area contributed by atoms with Crippen LogP contribution < -0.4 is 5.32 Å². The average Bonchev–Trinajstić information content (AvgIpc) is 2.83. The zero-order valence-corrected chi connectivity index (χ0v) is 11.3. The third kappa shape index (κ3) is 3.86. The van der Waals surface area contributed by atoms with Crippen molar-refractivity contribution in [2.24, 2.45) is 0 Å². The molecular formula is C14H19FN4. The maximum Gasteiger partial charge on any atom is 0.141 e. The molecule has 1 aromatic heterocycles. The van der Waals surface area contributed by atoms with E-state index in [4.69, 9.17) is 0 Å². The molecule has 0 atom stereocenters. The van der Waals surface area contributed by atoms with Gasteiger partial charge in [-0.2, -0.15) is 5.10 Å². The van der Waals surface area contributed by atoms with Crippen LogP contribution in [0.3, 0.4) is 0 Å². The van der Waals surface area contributed by atoms with E-state index in [9.17, 15) is 4.39 Å². The summed E-state index contributed by atoms with van der Waals surface area (Å²) in [6, 6.07) is 7.00. The molecule has 5 heteroatoms. The summed E-state index contributed by atoms with van der Waals surface area (Å²) in [7, 11) is 0. The number of aromatic nitrogens is 3. The number of halogens is 1. The Balaban J connectivity index is 1.79. The Kier molecular flexibility index (Phi) is 4.63. The van der Waals surface area contributed by atoms with Crippen LogP contribution in [-0.2, 0) is 13.0 Å². The van der Waals surface area contributed by atoms with E-state index in [2.05, 4.69) is 29.2 Å². The summed E-state index contributed by atoms with van der Waals surface area (Å²) in [5.74, 6) is 0.742. The molecule has 0 saturated carbocycles. The summed E-state index contributed by atoms with van der Waals surface area (Å²) in [6.45, 7) is 5.61. The molecule has 0 bridgehead atoms. The summed E-state index contributed by atoms with van der Waals surface area (Å²) in [5, 5.41) is 7.49. The molecule has 1 heterocycles. The van der Waals surface area contributed by atoms with Crippen molar-refractivity contribution in [3.63, 3.8) is 0 Å². The van der Waals surface area contributed by atoms with Crippen molar-refractivity contribution in [2.45, 2.75) is 32.9 Å². The number of hydrogen-bond donors (Lipinski definition) is 1. The Hall–Kier alpha value is -1.75. The molecule has 0 aliphatic carbocycles. The van der Waals surface area contributed by atoms with Crippen LogP contribution in [0.2, 0.25) is 0 Å². The fraction of sp³-hybridized carbons (Fsp3) is 0.429. The van der Waals surface area contributed by atoms with Gasteiger partial charge >= 0.3 is 0 Å². The number of hydrogen-bond acceptors (Lipinski definition) is 3. The van der Waals surface area contributed by atoms with Gasteiger partial charge in [-0.1, -0.05) is 12.1 Å². The molecule has 0 amide bonds. The maximum absolute atomic E-state index is 13.0. The second-order valence-corrected chi connectivity index (χ2v) is 4.77. The standard InChI is InChI=1S/C14H19FN4/c1-11(2)19-14(17-10-18-19)9-16-7-6-12-4-3-5-13(15)8-12/h3-5,8,10-11,16H,6-7,9H2,1-2H3. The van der Waals surface area contributed by atoms with Gasteiger partial charge in [-0.15, -0.1) is 0 Å². The average molecular weight is 262 g/mol. The first-order valence-corrected chi connectivity index (χ1v) is 6.50. The fourth-order valence-electron chi connectivity index (χ4n) is 1.96. The summed E-state index contributed by atoms with van der Waals surface area (Å²) in [5.41, 5.74) is 0.998. The Bertz CT molecular complexity index is 522. The minimum absolute atomic E-state index is 0.183. The molecule has 2 rings (SSSR count). The van der Waals surface area contributed by atoms with Crippen LogP contribution in [-0.4, -0.2) is 21.3 Å². The highest BCUT2D eigenvalue weighted by Gasteiger charge is 2.06. The molecule has 2 aromatic rings. The molecule has 0 fully saturated rings. The van der Waals surface area contributed by atoms with E-state index in [1.54, 1.807) is 18.5 Å². The van der Waals surface area contributed by atoms with Gasteiger partial charge in [-0.25, -0.2) is 14.1 Å². The molecule has 0 aliphatic rings. The normalized spacial score (nSPS) is 11.2. The lowest BCUT2D eigenvalue weighted by Gasteiger charge is -2.10. The quantitative estimate of drug-likeness (QED) is 0.812. The molecule has 0 saturated heterocycles. The van der Waals surface area contributed by atoms with Gasteiger partial charge in [-0.3, -0.25) is 0 Å². The maximum atomic E-state index is 13.0. The number of nitrogens with one attached hydrogen (secondary N) is 1. The monoisotopic (exact) mass is 262 g/mol. The summed E-state index contributed by atoms with van der Waals surface area (Å²) in [6.07, 6.45) is 2.37. The molecule has 1 N–H and O–H groups in total. The van der Waals surface area contributed by atoms with E-state index >= 15 is 0 Å². The minimum Gasteiger partial charge on any atom is -0.310 e. The van der Waals surface area contributed by atoms with E-state index in [0.717, 1.165) is 24.4 Å². The van der Waals surface area contributed by atoms with Gasteiger partial charge in [0.25, 0.3) is 0 Å². The first kappa shape index (κ1) is 13.7. The second kappa shape index (κ2) is 6.43. The van der Waals surface area contributed by atoms with Gasteiger partial charge in [0, 0.05) is 6.04 Å². The highest BCUT2D eigenvalue weighted by atomic mass is 19.1. The van der Waals surface area contributed by atoms with E-state index in [1.807, 2.05) is 10.7 Å². The molecule has 0 aliphatic heterocycles. The lowest BCUT2D eigenvalue weighted by Crippen LogP contribution is -2.20. The molecule has 1 aromatic carbocycles. The van der Waals surface area contributed by atoms with Gasteiger partial charge in [-0.05, 0) is 44.5 Å². The molecule has 0 radical (unpaired) electrons. The van der Waals surface area contributed by atoms with Gasteiger partial charge in [0.15, 0.2) is 0 Å². The molecule has 4 nitrogen and oxygen atoms in total. The van der Waals surface area contributed by atoms with Crippen molar-refractivity contribution >= 4 is 0 Å². The van der Waals surface area contributed by atoms with Crippen molar-refractivity contribution < 1.29 is 4.39 Å². The summed E-state index contributed by atoms with van der Waals surface area (Å²) in [4.78, 5) is 4.23. The third-order valence-electron chi connectivity index (χ3n) is 2.90. The Morgan fingerprint density at radius 2 is 2.21 bits per heavy atom. The Labute approximate surface area is 112 Å². The molecule has 0 unspecified atom stereocenters. The zero-order chi connectivity index (χ0) is 13.7.